The van der Waals surface area contributed by atoms with Gasteiger partial charge in [0.15, 0.2) is 0 Å². The Balaban J connectivity index is 1.49. The van der Waals surface area contributed by atoms with Gasteiger partial charge in [-0.1, -0.05) is 0 Å². The van der Waals surface area contributed by atoms with E-state index in [9.17, 15) is 9.90 Å². The zero-order chi connectivity index (χ0) is 12.3. The highest BCUT2D eigenvalue weighted by Gasteiger charge is 2.53. The lowest BCUT2D eigenvalue weighted by Gasteiger charge is -2.53. The first-order valence-corrected chi connectivity index (χ1v) is 7.62. The highest BCUT2D eigenvalue weighted by molar-refractivity contribution is 5.81. The lowest BCUT2D eigenvalue weighted by molar-refractivity contribution is -0.139. The second-order valence-electron chi connectivity index (χ2n) is 7.38. The summed E-state index contributed by atoms with van der Waals surface area (Å²) in [5.41, 5.74) is -0.230. The van der Waals surface area contributed by atoms with Crippen molar-refractivity contribution in [2.45, 2.75) is 50.5 Å². The minimum atomic E-state index is -0.230. The minimum absolute atomic E-state index is 0.117. The van der Waals surface area contributed by atoms with E-state index in [-0.39, 0.29) is 24.0 Å². The number of amides is 1. The molecule has 0 radical (unpaired) electrons. The van der Waals surface area contributed by atoms with Crippen molar-refractivity contribution in [3.63, 3.8) is 0 Å². The van der Waals surface area contributed by atoms with Crippen LogP contribution in [0.25, 0.3) is 0 Å². The number of hydrogen-bond acceptors (Lipinski definition) is 2. The average Bonchev–Trinajstić information content (AvgIpc) is 3.08. The molecule has 5 aliphatic carbocycles. The van der Waals surface area contributed by atoms with Gasteiger partial charge >= 0.3 is 0 Å². The van der Waals surface area contributed by atoms with E-state index in [1.165, 1.54) is 32.1 Å². The van der Waals surface area contributed by atoms with Gasteiger partial charge in [-0.15, -0.1) is 0 Å². The van der Waals surface area contributed by atoms with E-state index in [2.05, 4.69) is 5.32 Å². The highest BCUT2D eigenvalue weighted by Crippen LogP contribution is 2.56. The third-order valence-electron chi connectivity index (χ3n) is 6.07. The predicted octanol–water partition coefficient (Wildman–Crippen LogP) is 1.70. The smallest absolute Gasteiger partial charge is 0.224 e. The van der Waals surface area contributed by atoms with Crippen LogP contribution in [-0.4, -0.2) is 23.2 Å². The first kappa shape index (κ1) is 11.3. The highest BCUT2D eigenvalue weighted by atomic mass is 16.3. The van der Waals surface area contributed by atoms with Crippen LogP contribution in [0.15, 0.2) is 0 Å². The number of carbonyl (C=O) groups excluding carboxylic acids is 1. The van der Waals surface area contributed by atoms with Crippen molar-refractivity contribution in [2.24, 2.45) is 29.6 Å². The van der Waals surface area contributed by atoms with Crippen LogP contribution >= 0.6 is 0 Å². The predicted molar refractivity (Wildman–Crippen MR) is 67.7 cm³/mol. The average molecular weight is 249 g/mol. The van der Waals surface area contributed by atoms with Gasteiger partial charge in [-0.2, -0.15) is 0 Å². The van der Waals surface area contributed by atoms with E-state index >= 15 is 0 Å². The van der Waals surface area contributed by atoms with Gasteiger partial charge in [-0.3, -0.25) is 4.79 Å². The molecule has 0 aliphatic heterocycles. The molecule has 100 valence electrons. The number of aliphatic hydroxyl groups excluding tert-OH is 1. The number of nitrogens with one attached hydrogen (secondary N) is 1. The fraction of sp³-hybridized carbons (Fsp3) is 0.933. The van der Waals surface area contributed by atoms with Crippen molar-refractivity contribution in [3.05, 3.63) is 0 Å². The maximum Gasteiger partial charge on any atom is 0.224 e. The molecule has 2 N–H and O–H groups in total. The maximum absolute atomic E-state index is 12.5. The summed E-state index contributed by atoms with van der Waals surface area (Å²) >= 11 is 0. The topological polar surface area (TPSA) is 49.3 Å². The fourth-order valence-corrected chi connectivity index (χ4v) is 5.17. The van der Waals surface area contributed by atoms with Crippen LogP contribution in [-0.2, 0) is 4.79 Å². The van der Waals surface area contributed by atoms with E-state index in [1.807, 2.05) is 0 Å². The molecule has 4 bridgehead atoms. The molecule has 0 aromatic heterocycles. The molecular formula is C15H23NO2. The second kappa shape index (κ2) is 3.72. The van der Waals surface area contributed by atoms with Crippen molar-refractivity contribution in [1.29, 1.82) is 0 Å². The van der Waals surface area contributed by atoms with E-state index in [1.54, 1.807) is 0 Å². The van der Waals surface area contributed by atoms with Gasteiger partial charge < -0.3 is 10.4 Å². The van der Waals surface area contributed by atoms with E-state index in [4.69, 9.17) is 0 Å². The maximum atomic E-state index is 12.5. The summed E-state index contributed by atoms with van der Waals surface area (Å²) in [5.74, 6) is 3.66. The molecule has 0 aromatic carbocycles. The molecular weight excluding hydrogens is 226 g/mol. The Morgan fingerprint density at radius 3 is 2.06 bits per heavy atom. The molecule has 1 amide bonds. The first-order chi connectivity index (χ1) is 8.69. The normalized spacial score (nSPS) is 47.1. The molecule has 3 nitrogen and oxygen atoms in total. The Morgan fingerprint density at radius 2 is 1.61 bits per heavy atom. The summed E-state index contributed by atoms with van der Waals surface area (Å²) in [4.78, 5) is 12.5. The number of rotatable bonds is 3. The van der Waals surface area contributed by atoms with Crippen LogP contribution in [0.5, 0.6) is 0 Å². The number of aliphatic hydroxyl groups is 1. The van der Waals surface area contributed by atoms with Crippen LogP contribution in [0, 0.1) is 29.6 Å². The molecule has 0 heterocycles. The summed E-state index contributed by atoms with van der Waals surface area (Å²) in [6.07, 6.45) is 8.51. The molecule has 0 unspecified atom stereocenters. The van der Waals surface area contributed by atoms with Crippen molar-refractivity contribution in [2.75, 3.05) is 6.61 Å². The summed E-state index contributed by atoms with van der Waals surface area (Å²) in [6.45, 7) is 0.117. The summed E-state index contributed by atoms with van der Waals surface area (Å²) in [5, 5.41) is 12.5. The van der Waals surface area contributed by atoms with Gasteiger partial charge in [0.25, 0.3) is 0 Å². The molecule has 3 heteroatoms. The van der Waals surface area contributed by atoms with Crippen LogP contribution in [0.4, 0.5) is 0 Å². The molecule has 0 aromatic rings. The van der Waals surface area contributed by atoms with Crippen molar-refractivity contribution < 1.29 is 9.90 Å². The second-order valence-corrected chi connectivity index (χ2v) is 7.38. The Morgan fingerprint density at radius 1 is 1.06 bits per heavy atom. The van der Waals surface area contributed by atoms with Crippen molar-refractivity contribution in [3.8, 4) is 0 Å². The third-order valence-corrected chi connectivity index (χ3v) is 6.07. The summed E-state index contributed by atoms with van der Waals surface area (Å²) in [6, 6.07) is 0. The molecule has 5 saturated carbocycles. The van der Waals surface area contributed by atoms with Crippen LogP contribution in [0.2, 0.25) is 0 Å². The van der Waals surface area contributed by atoms with Crippen molar-refractivity contribution >= 4 is 5.91 Å². The standard InChI is InChI=1S/C15H23NO2/c17-8-15(1-2-15)16-14(18)13-11-4-9-3-10(6-11)7-12(13)5-9/h9-13,17H,1-8H2,(H,16,18). The molecule has 5 fully saturated rings. The van der Waals surface area contributed by atoms with Gasteiger partial charge in [0, 0.05) is 5.92 Å². The Labute approximate surface area is 108 Å². The molecule has 5 rings (SSSR count). The quantitative estimate of drug-likeness (QED) is 0.800. The molecule has 0 spiro atoms. The van der Waals surface area contributed by atoms with Crippen LogP contribution < -0.4 is 5.32 Å². The summed E-state index contributed by atoms with van der Waals surface area (Å²) < 4.78 is 0. The summed E-state index contributed by atoms with van der Waals surface area (Å²) in [7, 11) is 0. The molecule has 0 saturated heterocycles. The molecule has 5 aliphatic rings. The van der Waals surface area contributed by atoms with Gasteiger partial charge in [0.1, 0.15) is 0 Å². The molecule has 0 atom stereocenters. The van der Waals surface area contributed by atoms with E-state index in [0.717, 1.165) is 24.7 Å². The van der Waals surface area contributed by atoms with Crippen molar-refractivity contribution in [1.82, 2.24) is 5.32 Å². The Kier molecular flexibility index (Phi) is 2.33. The SMILES string of the molecule is O=C(NC1(CO)CC1)C1C2CC3CC(C2)CC1C3. The largest absolute Gasteiger partial charge is 0.394 e. The molecule has 18 heavy (non-hydrogen) atoms. The van der Waals surface area contributed by atoms with Gasteiger partial charge in [0.05, 0.1) is 12.1 Å². The number of hydrogen-bond donors (Lipinski definition) is 2. The zero-order valence-electron chi connectivity index (χ0n) is 10.9. The van der Waals surface area contributed by atoms with E-state index < -0.39 is 0 Å². The lowest BCUT2D eigenvalue weighted by atomic mass is 9.51. The number of carbonyl (C=O) groups is 1. The Hall–Kier alpha value is -0.570. The Bertz CT molecular complexity index is 347. The lowest BCUT2D eigenvalue weighted by Crippen LogP contribution is -2.53. The van der Waals surface area contributed by atoms with Crippen LogP contribution in [0.3, 0.4) is 0 Å². The van der Waals surface area contributed by atoms with Gasteiger partial charge in [-0.05, 0) is 68.6 Å². The first-order valence-electron chi connectivity index (χ1n) is 7.62. The van der Waals surface area contributed by atoms with Gasteiger partial charge in [-0.25, -0.2) is 0 Å². The van der Waals surface area contributed by atoms with Gasteiger partial charge in [0.2, 0.25) is 5.91 Å². The third kappa shape index (κ3) is 1.63. The monoisotopic (exact) mass is 249 g/mol. The minimum Gasteiger partial charge on any atom is -0.394 e. The van der Waals surface area contributed by atoms with Crippen LogP contribution in [0.1, 0.15) is 44.9 Å². The van der Waals surface area contributed by atoms with E-state index in [0.29, 0.717) is 11.8 Å². The fourth-order valence-electron chi connectivity index (χ4n) is 5.17. The zero-order valence-corrected chi connectivity index (χ0v) is 10.9.